The van der Waals surface area contributed by atoms with Crippen molar-refractivity contribution in [2.75, 3.05) is 6.16 Å². The van der Waals surface area contributed by atoms with Crippen LogP contribution >= 0.6 is 15.9 Å². The maximum atomic E-state index is 10.6. The van der Waals surface area contributed by atoms with Gasteiger partial charge in [-0.2, -0.15) is 0 Å². The van der Waals surface area contributed by atoms with Crippen LogP contribution in [0.15, 0.2) is 12.7 Å². The van der Waals surface area contributed by atoms with E-state index in [1.807, 2.05) is 0 Å². The molecule has 0 aromatic rings. The fraction of sp³-hybridized carbons (Fsp3) is 0.333. The molecule has 0 bridgehead atoms. The summed E-state index contributed by atoms with van der Waals surface area (Å²) in [7, 11) is -7.21. The Hall–Kier alpha value is 0.0800. The molecule has 0 rings (SSSR count). The zero-order chi connectivity index (χ0) is 8.20. The fourth-order valence-corrected chi connectivity index (χ4v) is 1.92. The zero-order valence-corrected chi connectivity index (χ0v) is 6.95. The predicted molar refractivity (Wildman–Crippen MR) is 37.2 cm³/mol. The van der Waals surface area contributed by atoms with Gasteiger partial charge in [0, 0.05) is 0 Å². The Morgan fingerprint density at radius 1 is 1.80 bits per heavy atom. The van der Waals surface area contributed by atoms with Crippen molar-refractivity contribution in [3.63, 3.8) is 0 Å². The van der Waals surface area contributed by atoms with Gasteiger partial charge in [-0.25, -0.2) is 4.31 Å². The summed E-state index contributed by atoms with van der Waals surface area (Å²) in [5, 5.41) is 0. The highest BCUT2D eigenvalue weighted by Crippen LogP contribution is 2.49. The second-order valence-corrected chi connectivity index (χ2v) is 4.37. The molecule has 0 saturated heterocycles. The van der Waals surface area contributed by atoms with Crippen LogP contribution in [0.2, 0.25) is 0 Å². The maximum Gasteiger partial charge on any atom is 0.338 e. The largest absolute Gasteiger partial charge is 0.338 e. The van der Waals surface area contributed by atoms with Crippen LogP contribution in [-0.2, 0) is 13.4 Å². The third kappa shape index (κ3) is 4.91. The van der Waals surface area contributed by atoms with Crippen molar-refractivity contribution < 1.29 is 23.2 Å². The maximum absolute atomic E-state index is 10.6. The summed E-state index contributed by atoms with van der Waals surface area (Å²) in [6, 6.07) is 0. The van der Waals surface area contributed by atoms with Crippen LogP contribution in [0.5, 0.6) is 0 Å². The summed E-state index contributed by atoms with van der Waals surface area (Å²) < 4.78 is 24.3. The lowest BCUT2D eigenvalue weighted by atomic mass is 10.8. The van der Waals surface area contributed by atoms with E-state index in [-0.39, 0.29) is 6.16 Å². The van der Waals surface area contributed by atoms with E-state index in [1.165, 1.54) is 0 Å². The first-order valence-corrected chi connectivity index (χ1v) is 5.36. The van der Waals surface area contributed by atoms with Crippen molar-refractivity contribution >= 4 is 15.9 Å². The highest BCUT2D eigenvalue weighted by Gasteiger charge is 2.18. The molecule has 2 atom stereocenters. The van der Waals surface area contributed by atoms with Crippen molar-refractivity contribution in [2.24, 2.45) is 0 Å². The smallest absolute Gasteiger partial charge is 0.326 e. The molecule has 2 unspecified atom stereocenters. The van der Waals surface area contributed by atoms with Gasteiger partial charge < -0.3 is 9.79 Å². The summed E-state index contributed by atoms with van der Waals surface area (Å²) >= 11 is 0. The minimum Gasteiger partial charge on any atom is -0.326 e. The van der Waals surface area contributed by atoms with E-state index in [9.17, 15) is 9.13 Å². The zero-order valence-electron chi connectivity index (χ0n) is 5.06. The lowest BCUT2D eigenvalue weighted by molar-refractivity contribution is 0.353. The summed E-state index contributed by atoms with van der Waals surface area (Å²) in [5.74, 6) is 0. The average Bonchev–Trinajstić information content (AvgIpc) is 1.59. The number of hydrogen-bond acceptors (Lipinski definition) is 3. The highest BCUT2D eigenvalue weighted by atomic mass is 31.2. The van der Waals surface area contributed by atoms with E-state index in [1.54, 1.807) is 0 Å². The molecule has 0 fully saturated rings. The van der Waals surface area contributed by atoms with Crippen LogP contribution in [-0.4, -0.2) is 15.9 Å². The minimum absolute atomic E-state index is 0.316. The molecule has 0 aromatic carbocycles. The molecule has 10 heavy (non-hydrogen) atoms. The quantitative estimate of drug-likeness (QED) is 0.500. The average molecular weight is 186 g/mol. The summed E-state index contributed by atoms with van der Waals surface area (Å²) in [6.45, 7) is 3.17. The van der Waals surface area contributed by atoms with E-state index in [4.69, 9.17) is 9.79 Å². The van der Waals surface area contributed by atoms with Crippen LogP contribution in [0.25, 0.3) is 0 Å². The topological polar surface area (TPSA) is 83.8 Å². The second-order valence-electron chi connectivity index (χ2n) is 1.47. The SMILES string of the molecule is C=CCP(=O)(O)O[PH](=O)O. The lowest BCUT2D eigenvalue weighted by Gasteiger charge is -2.04. The standard InChI is InChI=1S/C3H8O5P2/c1-2-3-10(6,7)8-9(4)5/h2,9H,1,3H2,(H,4,5)(H,6,7). The Morgan fingerprint density at radius 2 is 2.30 bits per heavy atom. The Bertz CT molecular complexity index is 187. The van der Waals surface area contributed by atoms with E-state index in [2.05, 4.69) is 10.9 Å². The normalized spacial score (nSPS) is 19.4. The summed E-state index contributed by atoms with van der Waals surface area (Å²) in [6.07, 6.45) is 0.829. The van der Waals surface area contributed by atoms with Crippen LogP contribution in [0.4, 0.5) is 0 Å². The number of allylic oxidation sites excluding steroid dienone is 1. The van der Waals surface area contributed by atoms with Crippen molar-refractivity contribution in [2.45, 2.75) is 0 Å². The van der Waals surface area contributed by atoms with Crippen LogP contribution in [0.3, 0.4) is 0 Å². The monoisotopic (exact) mass is 186 g/mol. The molecule has 0 aliphatic heterocycles. The molecule has 0 amide bonds. The molecule has 0 aliphatic rings. The molecule has 2 N–H and O–H groups in total. The molecule has 7 heteroatoms. The first kappa shape index (κ1) is 10.1. The number of rotatable bonds is 4. The van der Waals surface area contributed by atoms with Crippen molar-refractivity contribution in [1.82, 2.24) is 0 Å². The first-order chi connectivity index (χ1) is 4.48. The predicted octanol–water partition coefficient (Wildman–Crippen LogP) is 0.756. The van der Waals surface area contributed by atoms with Gasteiger partial charge in [0.25, 0.3) is 0 Å². The molecule has 0 saturated carbocycles. The lowest BCUT2D eigenvalue weighted by Crippen LogP contribution is -1.84. The van der Waals surface area contributed by atoms with Gasteiger partial charge in [0.05, 0.1) is 6.16 Å². The van der Waals surface area contributed by atoms with Gasteiger partial charge in [-0.15, -0.1) is 6.58 Å². The Kier molecular flexibility index (Phi) is 4.09. The third-order valence-corrected chi connectivity index (χ3v) is 3.07. The Labute approximate surface area is 58.8 Å². The van der Waals surface area contributed by atoms with Crippen LogP contribution in [0.1, 0.15) is 0 Å². The van der Waals surface area contributed by atoms with Crippen molar-refractivity contribution in [1.29, 1.82) is 0 Å². The molecule has 0 aromatic heterocycles. The summed E-state index contributed by atoms with van der Waals surface area (Å²) in [5.41, 5.74) is 0. The van der Waals surface area contributed by atoms with Gasteiger partial charge in [0.2, 0.25) is 0 Å². The van der Waals surface area contributed by atoms with Gasteiger partial charge in [-0.3, -0.25) is 9.13 Å². The van der Waals surface area contributed by atoms with Crippen LogP contribution < -0.4 is 0 Å². The molecule has 0 heterocycles. The minimum atomic E-state index is -3.88. The summed E-state index contributed by atoms with van der Waals surface area (Å²) in [4.78, 5) is 16.7. The van der Waals surface area contributed by atoms with Gasteiger partial charge >= 0.3 is 15.9 Å². The third-order valence-electron chi connectivity index (χ3n) is 0.581. The van der Waals surface area contributed by atoms with E-state index in [0.29, 0.717) is 0 Å². The second kappa shape index (κ2) is 4.06. The van der Waals surface area contributed by atoms with E-state index in [0.717, 1.165) is 6.08 Å². The van der Waals surface area contributed by atoms with Gasteiger partial charge in [0.1, 0.15) is 0 Å². The first-order valence-electron chi connectivity index (χ1n) is 2.33. The molecule has 0 spiro atoms. The van der Waals surface area contributed by atoms with E-state index < -0.39 is 15.9 Å². The van der Waals surface area contributed by atoms with Crippen LogP contribution in [0, 0.1) is 0 Å². The van der Waals surface area contributed by atoms with E-state index >= 15 is 0 Å². The molecule has 0 radical (unpaired) electrons. The van der Waals surface area contributed by atoms with Gasteiger partial charge in [-0.1, -0.05) is 6.08 Å². The van der Waals surface area contributed by atoms with Gasteiger partial charge in [0.15, 0.2) is 0 Å². The molecule has 0 aliphatic carbocycles. The van der Waals surface area contributed by atoms with Crippen molar-refractivity contribution in [3.05, 3.63) is 12.7 Å². The molecular weight excluding hydrogens is 178 g/mol. The molecule has 5 nitrogen and oxygen atoms in total. The Morgan fingerprint density at radius 3 is 2.60 bits per heavy atom. The van der Waals surface area contributed by atoms with Crippen molar-refractivity contribution in [3.8, 4) is 0 Å². The number of hydrogen-bond donors (Lipinski definition) is 2. The highest BCUT2D eigenvalue weighted by molar-refractivity contribution is 7.59. The van der Waals surface area contributed by atoms with Gasteiger partial charge in [-0.05, 0) is 0 Å². The molecular formula is C3H8O5P2. The fourth-order valence-electron chi connectivity index (χ4n) is 0.322. The molecule has 60 valence electrons. The Balaban J connectivity index is 3.99.